The van der Waals surface area contributed by atoms with Gasteiger partial charge in [0.05, 0.1) is 26.9 Å². The van der Waals surface area contributed by atoms with Crippen LogP contribution >= 0.6 is 11.3 Å². The van der Waals surface area contributed by atoms with Crippen LogP contribution in [0.1, 0.15) is 53.6 Å². The largest absolute Gasteiger partial charge is 0.493 e. The fraction of sp³-hybridized carbons (Fsp3) is 0.440. The molecule has 0 spiro atoms. The highest BCUT2D eigenvalue weighted by molar-refractivity contribution is 7.17. The summed E-state index contributed by atoms with van der Waals surface area (Å²) >= 11 is 1.48. The summed E-state index contributed by atoms with van der Waals surface area (Å²) in [5.74, 6) is 1.02. The van der Waals surface area contributed by atoms with Crippen LogP contribution in [-0.4, -0.2) is 33.2 Å². The third kappa shape index (κ3) is 5.15. The minimum atomic E-state index is -0.407. The number of carbonyl (C=O) groups excluding carboxylic acids is 2. The van der Waals surface area contributed by atoms with Crippen molar-refractivity contribution in [2.24, 2.45) is 11.3 Å². The Morgan fingerprint density at radius 1 is 1.12 bits per heavy atom. The molecule has 2 aromatic rings. The summed E-state index contributed by atoms with van der Waals surface area (Å²) in [6, 6.07) is 5.41. The summed E-state index contributed by atoms with van der Waals surface area (Å²) in [5, 5.41) is 3.45. The zero-order valence-corrected chi connectivity index (χ0v) is 20.4. The van der Waals surface area contributed by atoms with E-state index in [2.05, 4.69) is 26.1 Å². The third-order valence-electron chi connectivity index (χ3n) is 5.95. The van der Waals surface area contributed by atoms with Gasteiger partial charge >= 0.3 is 5.97 Å². The van der Waals surface area contributed by atoms with Crippen molar-refractivity contribution in [3.8, 4) is 11.5 Å². The first kappa shape index (κ1) is 23.9. The number of methoxy groups -OCH3 is 3. The van der Waals surface area contributed by atoms with Gasteiger partial charge in [-0.1, -0.05) is 26.8 Å². The van der Waals surface area contributed by atoms with Gasteiger partial charge in [0.2, 0.25) is 5.91 Å². The molecule has 0 radical (unpaired) electrons. The molecular formula is C25H31NO5S. The second-order valence-corrected chi connectivity index (χ2v) is 10.0. The van der Waals surface area contributed by atoms with Crippen LogP contribution in [0.4, 0.5) is 5.00 Å². The lowest BCUT2D eigenvalue weighted by Crippen LogP contribution is -2.26. The van der Waals surface area contributed by atoms with Crippen LogP contribution in [0, 0.1) is 11.3 Å². The molecule has 0 aliphatic heterocycles. The van der Waals surface area contributed by atoms with Crippen LogP contribution in [0.5, 0.6) is 11.5 Å². The monoisotopic (exact) mass is 457 g/mol. The second kappa shape index (κ2) is 9.77. The molecule has 1 N–H and O–H groups in total. The fourth-order valence-electron chi connectivity index (χ4n) is 4.01. The highest BCUT2D eigenvalue weighted by Crippen LogP contribution is 2.44. The van der Waals surface area contributed by atoms with E-state index in [9.17, 15) is 9.59 Å². The molecule has 172 valence electrons. The summed E-state index contributed by atoms with van der Waals surface area (Å²) in [5.41, 5.74) is 2.50. The standard InChI is InChI=1S/C25H31NO5S/c1-25(2,3)16-9-10-17-20(14-16)32-23(22(17)24(28)31-6)26-21(27)12-8-15-7-11-18(29-4)19(13-15)30-5/h7-8,11-13,16H,9-10,14H2,1-6H3,(H,26,27). The van der Waals surface area contributed by atoms with Crippen molar-refractivity contribution in [2.75, 3.05) is 26.6 Å². The number of carbonyl (C=O) groups is 2. The van der Waals surface area contributed by atoms with Crippen molar-refractivity contribution < 1.29 is 23.8 Å². The highest BCUT2D eigenvalue weighted by Gasteiger charge is 2.34. The molecule has 0 saturated carbocycles. The molecule has 1 aromatic heterocycles. The molecule has 1 aromatic carbocycles. The lowest BCUT2D eigenvalue weighted by molar-refractivity contribution is -0.111. The van der Waals surface area contributed by atoms with E-state index in [1.165, 1.54) is 24.5 Å². The van der Waals surface area contributed by atoms with Crippen LogP contribution < -0.4 is 14.8 Å². The van der Waals surface area contributed by atoms with E-state index in [4.69, 9.17) is 14.2 Å². The normalized spacial score (nSPS) is 15.9. The first-order chi connectivity index (χ1) is 15.2. The molecule has 7 heteroatoms. The SMILES string of the molecule is COC(=O)c1c(NC(=O)C=Cc2ccc(OC)c(OC)c2)sc2c1CCC(C(C)(C)C)C2. The number of nitrogens with one attached hydrogen (secondary N) is 1. The zero-order chi connectivity index (χ0) is 23.5. The summed E-state index contributed by atoms with van der Waals surface area (Å²) in [7, 11) is 4.51. The van der Waals surface area contributed by atoms with E-state index >= 15 is 0 Å². The molecule has 1 unspecified atom stereocenters. The number of benzene rings is 1. The van der Waals surface area contributed by atoms with Crippen molar-refractivity contribution in [1.82, 2.24) is 0 Å². The van der Waals surface area contributed by atoms with E-state index in [0.29, 0.717) is 28.0 Å². The quantitative estimate of drug-likeness (QED) is 0.467. The molecule has 32 heavy (non-hydrogen) atoms. The maximum Gasteiger partial charge on any atom is 0.341 e. The number of anilines is 1. The fourth-order valence-corrected chi connectivity index (χ4v) is 5.33. The average molecular weight is 458 g/mol. The molecule has 0 bridgehead atoms. The summed E-state index contributed by atoms with van der Waals surface area (Å²) < 4.78 is 15.6. The molecule has 0 fully saturated rings. The Labute approximate surface area is 193 Å². The number of hydrogen-bond acceptors (Lipinski definition) is 6. The average Bonchev–Trinajstić information content (AvgIpc) is 3.13. The van der Waals surface area contributed by atoms with Gasteiger partial charge in [-0.25, -0.2) is 4.79 Å². The number of esters is 1. The predicted octanol–water partition coefficient (Wildman–Crippen LogP) is 5.35. The molecule has 1 aliphatic rings. The van der Waals surface area contributed by atoms with Gasteiger partial charge < -0.3 is 19.5 Å². The lowest BCUT2D eigenvalue weighted by atomic mass is 9.72. The molecule has 0 saturated heterocycles. The summed E-state index contributed by atoms with van der Waals surface area (Å²) in [6.07, 6.45) is 5.88. The van der Waals surface area contributed by atoms with Crippen LogP contribution in [0.3, 0.4) is 0 Å². The van der Waals surface area contributed by atoms with Gasteiger partial charge in [0, 0.05) is 11.0 Å². The van der Waals surface area contributed by atoms with Crippen molar-refractivity contribution >= 4 is 34.3 Å². The van der Waals surface area contributed by atoms with Gasteiger partial charge in [0.15, 0.2) is 11.5 Å². The Balaban J connectivity index is 1.82. The first-order valence-electron chi connectivity index (χ1n) is 10.6. The van der Waals surface area contributed by atoms with Gasteiger partial charge in [0.25, 0.3) is 0 Å². The molecule has 3 rings (SSSR count). The third-order valence-corrected chi connectivity index (χ3v) is 7.12. The highest BCUT2D eigenvalue weighted by atomic mass is 32.1. The Morgan fingerprint density at radius 3 is 2.47 bits per heavy atom. The first-order valence-corrected chi connectivity index (χ1v) is 11.4. The smallest absolute Gasteiger partial charge is 0.341 e. The topological polar surface area (TPSA) is 73.9 Å². The maximum absolute atomic E-state index is 12.7. The Bertz CT molecular complexity index is 1030. The molecule has 1 amide bonds. The molecular weight excluding hydrogens is 426 g/mol. The van der Waals surface area contributed by atoms with Crippen molar-refractivity contribution in [2.45, 2.75) is 40.0 Å². The minimum absolute atomic E-state index is 0.193. The summed E-state index contributed by atoms with van der Waals surface area (Å²) in [6.45, 7) is 6.75. The van der Waals surface area contributed by atoms with E-state index in [-0.39, 0.29) is 11.3 Å². The lowest BCUT2D eigenvalue weighted by Gasteiger charge is -2.33. The number of thiophene rings is 1. The van der Waals surface area contributed by atoms with E-state index in [1.807, 2.05) is 6.07 Å². The van der Waals surface area contributed by atoms with Gasteiger partial charge in [-0.05, 0) is 59.9 Å². The van der Waals surface area contributed by atoms with Crippen LogP contribution in [0.2, 0.25) is 0 Å². The number of fused-ring (bicyclic) bond motifs is 1. The second-order valence-electron chi connectivity index (χ2n) is 8.94. The predicted molar refractivity (Wildman–Crippen MR) is 128 cm³/mol. The number of hydrogen-bond donors (Lipinski definition) is 1. The van der Waals surface area contributed by atoms with Gasteiger partial charge in [-0.3, -0.25) is 4.79 Å². The van der Waals surface area contributed by atoms with E-state index in [1.54, 1.807) is 32.4 Å². The Morgan fingerprint density at radius 2 is 1.84 bits per heavy atom. The molecule has 6 nitrogen and oxygen atoms in total. The van der Waals surface area contributed by atoms with Gasteiger partial charge in [-0.2, -0.15) is 0 Å². The molecule has 1 atom stereocenters. The molecule has 1 heterocycles. The van der Waals surface area contributed by atoms with Crippen molar-refractivity contribution in [3.63, 3.8) is 0 Å². The molecule has 1 aliphatic carbocycles. The van der Waals surface area contributed by atoms with Crippen LogP contribution in [-0.2, 0) is 22.4 Å². The number of amides is 1. The van der Waals surface area contributed by atoms with Gasteiger partial charge in [0.1, 0.15) is 5.00 Å². The van der Waals surface area contributed by atoms with Crippen molar-refractivity contribution in [1.29, 1.82) is 0 Å². The van der Waals surface area contributed by atoms with Crippen LogP contribution in [0.15, 0.2) is 24.3 Å². The number of rotatable bonds is 6. The Hall–Kier alpha value is -2.80. The summed E-state index contributed by atoms with van der Waals surface area (Å²) in [4.78, 5) is 26.4. The van der Waals surface area contributed by atoms with Gasteiger partial charge in [-0.15, -0.1) is 11.3 Å². The van der Waals surface area contributed by atoms with E-state index in [0.717, 1.165) is 35.3 Å². The minimum Gasteiger partial charge on any atom is -0.493 e. The maximum atomic E-state index is 12.7. The van der Waals surface area contributed by atoms with E-state index < -0.39 is 5.97 Å². The zero-order valence-electron chi connectivity index (χ0n) is 19.5. The number of ether oxygens (including phenoxy) is 3. The van der Waals surface area contributed by atoms with Crippen molar-refractivity contribution in [3.05, 3.63) is 45.8 Å². The van der Waals surface area contributed by atoms with Crippen LogP contribution in [0.25, 0.3) is 6.08 Å². The Kier molecular flexibility index (Phi) is 7.29.